The molecule has 3 aromatic rings. The molecule has 0 bridgehead atoms. The number of nitrogens with one attached hydrogen (secondary N) is 2. The molecule has 3 rings (SSSR count). The van der Waals surface area contributed by atoms with Crippen LogP contribution in [0.1, 0.15) is 47.2 Å². The highest BCUT2D eigenvalue weighted by atomic mass is 16.5. The number of hydrogen-bond donors (Lipinski definition) is 2. The summed E-state index contributed by atoms with van der Waals surface area (Å²) in [7, 11) is 1.61. The first kappa shape index (κ1) is 20.3. The lowest BCUT2D eigenvalue weighted by molar-refractivity contribution is 0.0945. The second-order valence-corrected chi connectivity index (χ2v) is 7.08. The molecule has 29 heavy (non-hydrogen) atoms. The Kier molecular flexibility index (Phi) is 6.44. The van der Waals surface area contributed by atoms with Crippen molar-refractivity contribution in [1.82, 2.24) is 15.3 Å². The van der Waals surface area contributed by atoms with E-state index in [1.165, 1.54) is 5.56 Å². The second kappa shape index (κ2) is 9.19. The largest absolute Gasteiger partial charge is 0.496 e. The highest BCUT2D eigenvalue weighted by Gasteiger charge is 2.12. The Morgan fingerprint density at radius 3 is 2.48 bits per heavy atom. The van der Waals surface area contributed by atoms with Crippen LogP contribution >= 0.6 is 0 Å². The predicted octanol–water partition coefficient (Wildman–Crippen LogP) is 4.59. The summed E-state index contributed by atoms with van der Waals surface area (Å²) in [5, 5.41) is 6.14. The van der Waals surface area contributed by atoms with Gasteiger partial charge in [-0.2, -0.15) is 0 Å². The molecule has 0 saturated heterocycles. The van der Waals surface area contributed by atoms with E-state index >= 15 is 0 Å². The zero-order valence-corrected chi connectivity index (χ0v) is 17.2. The molecule has 0 fully saturated rings. The number of rotatable bonds is 7. The van der Waals surface area contributed by atoms with Crippen LogP contribution in [0.15, 0.2) is 54.6 Å². The van der Waals surface area contributed by atoms with Crippen molar-refractivity contribution in [3.05, 3.63) is 77.2 Å². The predicted molar refractivity (Wildman–Crippen MR) is 115 cm³/mol. The molecule has 2 N–H and O–H groups in total. The monoisotopic (exact) mass is 390 g/mol. The lowest BCUT2D eigenvalue weighted by atomic mass is 10.0. The maximum absolute atomic E-state index is 12.6. The smallest absolute Gasteiger partial charge is 0.270 e. The van der Waals surface area contributed by atoms with Crippen LogP contribution in [-0.2, 0) is 6.54 Å². The number of carbonyl (C=O) groups excluding carboxylic acids is 1. The molecule has 1 amide bonds. The van der Waals surface area contributed by atoms with E-state index < -0.39 is 0 Å². The number of methoxy groups -OCH3 is 1. The number of para-hydroxylation sites is 1. The number of aromatic nitrogens is 2. The van der Waals surface area contributed by atoms with Gasteiger partial charge in [0.25, 0.3) is 5.91 Å². The third-order valence-electron chi connectivity index (χ3n) is 4.55. The first-order valence-corrected chi connectivity index (χ1v) is 9.59. The van der Waals surface area contributed by atoms with Crippen LogP contribution in [0.5, 0.6) is 5.75 Å². The summed E-state index contributed by atoms with van der Waals surface area (Å²) in [4.78, 5) is 21.3. The topological polar surface area (TPSA) is 76.1 Å². The highest BCUT2D eigenvalue weighted by Crippen LogP contribution is 2.20. The molecule has 6 nitrogen and oxygen atoms in total. The van der Waals surface area contributed by atoms with Crippen molar-refractivity contribution in [2.45, 2.75) is 33.2 Å². The van der Waals surface area contributed by atoms with E-state index in [9.17, 15) is 4.79 Å². The molecule has 0 aliphatic rings. The lowest BCUT2D eigenvalue weighted by Crippen LogP contribution is -2.24. The van der Waals surface area contributed by atoms with E-state index in [4.69, 9.17) is 4.74 Å². The fourth-order valence-corrected chi connectivity index (χ4v) is 2.96. The van der Waals surface area contributed by atoms with Crippen LogP contribution < -0.4 is 15.4 Å². The minimum Gasteiger partial charge on any atom is -0.496 e. The third kappa shape index (κ3) is 5.31. The molecular formula is C23H26N4O2. The lowest BCUT2D eigenvalue weighted by Gasteiger charge is -2.11. The van der Waals surface area contributed by atoms with Crippen molar-refractivity contribution in [2.75, 3.05) is 12.4 Å². The van der Waals surface area contributed by atoms with Crippen molar-refractivity contribution in [3.63, 3.8) is 0 Å². The maximum Gasteiger partial charge on any atom is 0.270 e. The van der Waals surface area contributed by atoms with Gasteiger partial charge < -0.3 is 15.4 Å². The summed E-state index contributed by atoms with van der Waals surface area (Å²) >= 11 is 0. The van der Waals surface area contributed by atoms with Crippen molar-refractivity contribution >= 4 is 17.4 Å². The quantitative estimate of drug-likeness (QED) is 0.617. The van der Waals surface area contributed by atoms with E-state index in [1.54, 1.807) is 20.1 Å². The van der Waals surface area contributed by atoms with Crippen LogP contribution in [0.3, 0.4) is 0 Å². The average molecular weight is 390 g/mol. The average Bonchev–Trinajstić information content (AvgIpc) is 2.72. The standard InChI is InChI=1S/C23H26N4O2/c1-15(2)17-9-11-19(12-10-17)27-22-13-20(25-16(3)26-22)23(28)24-14-18-7-5-6-8-21(18)29-4/h5-13,15H,14H2,1-4H3,(H,24,28)(H,25,26,27). The number of carbonyl (C=O) groups is 1. The molecule has 2 aromatic carbocycles. The molecule has 1 aromatic heterocycles. The molecule has 150 valence electrons. The van der Waals surface area contributed by atoms with Gasteiger partial charge in [-0.15, -0.1) is 0 Å². The SMILES string of the molecule is COc1ccccc1CNC(=O)c1cc(Nc2ccc(C(C)C)cc2)nc(C)n1. The fraction of sp³-hybridized carbons (Fsp3) is 0.261. The molecule has 0 aliphatic heterocycles. The zero-order chi connectivity index (χ0) is 20.8. The summed E-state index contributed by atoms with van der Waals surface area (Å²) < 4.78 is 5.32. The minimum absolute atomic E-state index is 0.264. The number of nitrogens with zero attached hydrogens (tertiary/aromatic N) is 2. The molecule has 0 atom stereocenters. The molecular weight excluding hydrogens is 364 g/mol. The van der Waals surface area contributed by atoms with Crippen LogP contribution in [0.4, 0.5) is 11.5 Å². The second-order valence-electron chi connectivity index (χ2n) is 7.08. The van der Waals surface area contributed by atoms with Crippen LogP contribution in [0.25, 0.3) is 0 Å². The Morgan fingerprint density at radius 1 is 1.07 bits per heavy atom. The summed E-state index contributed by atoms with van der Waals surface area (Å²) in [5.41, 5.74) is 3.39. The van der Waals surface area contributed by atoms with Crippen molar-refractivity contribution in [1.29, 1.82) is 0 Å². The molecule has 0 unspecified atom stereocenters. The van der Waals surface area contributed by atoms with Gasteiger partial charge in [0.05, 0.1) is 7.11 Å². The summed E-state index contributed by atoms with van der Waals surface area (Å²) in [6, 6.07) is 17.4. The Balaban J connectivity index is 1.71. The molecule has 1 heterocycles. The van der Waals surface area contributed by atoms with E-state index in [0.717, 1.165) is 17.0 Å². The number of hydrogen-bond acceptors (Lipinski definition) is 5. The fourth-order valence-electron chi connectivity index (χ4n) is 2.96. The maximum atomic E-state index is 12.6. The van der Waals surface area contributed by atoms with Gasteiger partial charge in [-0.3, -0.25) is 4.79 Å². The van der Waals surface area contributed by atoms with Gasteiger partial charge in [0.15, 0.2) is 0 Å². The minimum atomic E-state index is -0.264. The first-order chi connectivity index (χ1) is 14.0. The third-order valence-corrected chi connectivity index (χ3v) is 4.55. The van der Waals surface area contributed by atoms with Crippen LogP contribution in [-0.4, -0.2) is 23.0 Å². The first-order valence-electron chi connectivity index (χ1n) is 9.59. The highest BCUT2D eigenvalue weighted by molar-refractivity contribution is 5.93. The van der Waals surface area contributed by atoms with Crippen LogP contribution in [0, 0.1) is 6.92 Å². The van der Waals surface area contributed by atoms with E-state index in [2.05, 4.69) is 46.6 Å². The van der Waals surface area contributed by atoms with E-state index in [-0.39, 0.29) is 5.91 Å². The number of ether oxygens (including phenoxy) is 1. The van der Waals surface area contributed by atoms with Gasteiger partial charge in [0, 0.05) is 23.9 Å². The Morgan fingerprint density at radius 2 is 1.79 bits per heavy atom. The van der Waals surface area contributed by atoms with Gasteiger partial charge in [0.1, 0.15) is 23.1 Å². The van der Waals surface area contributed by atoms with E-state index in [0.29, 0.717) is 29.8 Å². The Bertz CT molecular complexity index is 984. The van der Waals surface area contributed by atoms with Gasteiger partial charge in [-0.05, 0) is 36.6 Å². The number of amides is 1. The summed E-state index contributed by atoms with van der Waals surface area (Å²) in [6.07, 6.45) is 0. The van der Waals surface area contributed by atoms with Gasteiger partial charge in [-0.25, -0.2) is 9.97 Å². The Hall–Kier alpha value is -3.41. The van der Waals surface area contributed by atoms with E-state index in [1.807, 2.05) is 36.4 Å². The van der Waals surface area contributed by atoms with Crippen molar-refractivity contribution in [3.8, 4) is 5.75 Å². The summed E-state index contributed by atoms with van der Waals surface area (Å²) in [6.45, 7) is 6.44. The van der Waals surface area contributed by atoms with Gasteiger partial charge >= 0.3 is 0 Å². The summed E-state index contributed by atoms with van der Waals surface area (Å²) in [5.74, 6) is 2.05. The molecule has 0 spiro atoms. The zero-order valence-electron chi connectivity index (χ0n) is 17.2. The number of aryl methyl sites for hydroxylation is 1. The normalized spacial score (nSPS) is 10.7. The number of anilines is 2. The van der Waals surface area contributed by atoms with Gasteiger partial charge in [-0.1, -0.05) is 44.2 Å². The molecule has 0 saturated carbocycles. The van der Waals surface area contributed by atoms with Gasteiger partial charge in [0.2, 0.25) is 0 Å². The number of benzene rings is 2. The van der Waals surface area contributed by atoms with Crippen LogP contribution in [0.2, 0.25) is 0 Å². The van der Waals surface area contributed by atoms with Crippen molar-refractivity contribution < 1.29 is 9.53 Å². The Labute approximate surface area is 171 Å². The molecule has 0 aliphatic carbocycles. The van der Waals surface area contributed by atoms with Crippen molar-refractivity contribution in [2.24, 2.45) is 0 Å². The molecule has 6 heteroatoms. The molecule has 0 radical (unpaired) electrons.